The Morgan fingerprint density at radius 2 is 1.96 bits per heavy atom. The Morgan fingerprint density at radius 3 is 2.65 bits per heavy atom. The molecule has 2 atom stereocenters. The number of amides is 3. The summed E-state index contributed by atoms with van der Waals surface area (Å²) in [6, 6.07) is 4.46. The van der Waals surface area contributed by atoms with Gasteiger partial charge in [-0.25, -0.2) is 9.79 Å². The smallest absolute Gasteiger partial charge is 0.325 e. The van der Waals surface area contributed by atoms with Crippen molar-refractivity contribution in [2.45, 2.75) is 19.1 Å². The van der Waals surface area contributed by atoms with Gasteiger partial charge < -0.3 is 19.3 Å². The molecule has 26 heavy (non-hydrogen) atoms. The average Bonchev–Trinajstić information content (AvgIpc) is 3.14. The zero-order valence-corrected chi connectivity index (χ0v) is 14.9. The molecule has 1 aromatic rings. The highest BCUT2D eigenvalue weighted by Crippen LogP contribution is 2.40. The molecule has 0 spiro atoms. The summed E-state index contributed by atoms with van der Waals surface area (Å²) in [7, 11) is 4.80. The van der Waals surface area contributed by atoms with Crippen LogP contribution in [0.15, 0.2) is 35.1 Å². The first kappa shape index (κ1) is 16.2. The Kier molecular flexibility index (Phi) is 3.53. The molecule has 3 aliphatic heterocycles. The zero-order valence-electron chi connectivity index (χ0n) is 14.9. The standard InChI is InChI=1S/C17H19N5O4/c1-9-8-21-13-14(20(2)17(24)19-15(13)23)18-16(21)22(9)11-6-5-10(25-3)7-12(11)26-4/h5-8,13-14H,1-4H3,(H,19,23,24). The monoisotopic (exact) mass is 357 g/mol. The number of benzene rings is 1. The summed E-state index contributed by atoms with van der Waals surface area (Å²) < 4.78 is 10.8. The van der Waals surface area contributed by atoms with E-state index < -0.39 is 18.2 Å². The van der Waals surface area contributed by atoms with Crippen molar-refractivity contribution < 1.29 is 19.1 Å². The predicted molar refractivity (Wildman–Crippen MR) is 93.9 cm³/mol. The van der Waals surface area contributed by atoms with Gasteiger partial charge in [-0.15, -0.1) is 0 Å². The third-order valence-corrected chi connectivity index (χ3v) is 4.78. The van der Waals surface area contributed by atoms with Crippen LogP contribution in [-0.2, 0) is 4.79 Å². The van der Waals surface area contributed by atoms with Crippen LogP contribution in [0.5, 0.6) is 11.5 Å². The number of guanidine groups is 1. The van der Waals surface area contributed by atoms with Crippen molar-refractivity contribution in [3.8, 4) is 11.5 Å². The first-order chi connectivity index (χ1) is 12.5. The number of carbonyl (C=O) groups excluding carboxylic acids is 2. The Balaban J connectivity index is 1.77. The number of urea groups is 1. The van der Waals surface area contributed by atoms with Gasteiger partial charge in [-0.05, 0) is 19.1 Å². The molecule has 1 saturated heterocycles. The Hall–Kier alpha value is -3.23. The largest absolute Gasteiger partial charge is 0.497 e. The van der Waals surface area contributed by atoms with Crippen molar-refractivity contribution >= 4 is 23.6 Å². The van der Waals surface area contributed by atoms with Crippen LogP contribution in [0.25, 0.3) is 0 Å². The second-order valence-electron chi connectivity index (χ2n) is 6.24. The lowest BCUT2D eigenvalue weighted by atomic mass is 10.1. The van der Waals surface area contributed by atoms with Crippen molar-refractivity contribution in [3.05, 3.63) is 30.1 Å². The zero-order chi connectivity index (χ0) is 18.6. The van der Waals surface area contributed by atoms with E-state index in [0.29, 0.717) is 17.5 Å². The molecule has 2 unspecified atom stereocenters. The number of fused-ring (bicyclic) bond motifs is 3. The number of methoxy groups -OCH3 is 2. The van der Waals surface area contributed by atoms with E-state index in [9.17, 15) is 9.59 Å². The highest BCUT2D eigenvalue weighted by atomic mass is 16.5. The van der Waals surface area contributed by atoms with Gasteiger partial charge >= 0.3 is 6.03 Å². The summed E-state index contributed by atoms with van der Waals surface area (Å²) in [4.78, 5) is 34.1. The second kappa shape index (κ2) is 5.65. The molecule has 1 fully saturated rings. The number of carbonyl (C=O) groups is 2. The van der Waals surface area contributed by atoms with Gasteiger partial charge in [0.1, 0.15) is 11.5 Å². The van der Waals surface area contributed by atoms with Crippen LogP contribution >= 0.6 is 0 Å². The van der Waals surface area contributed by atoms with E-state index in [1.165, 1.54) is 4.90 Å². The molecule has 0 aliphatic carbocycles. The number of likely N-dealkylation sites (N-methyl/N-ethyl adjacent to an activating group) is 1. The number of ether oxygens (including phenoxy) is 2. The van der Waals surface area contributed by atoms with Crippen molar-refractivity contribution in [2.24, 2.45) is 4.99 Å². The average molecular weight is 357 g/mol. The number of nitrogens with one attached hydrogen (secondary N) is 1. The van der Waals surface area contributed by atoms with Crippen LogP contribution < -0.4 is 19.7 Å². The quantitative estimate of drug-likeness (QED) is 0.866. The summed E-state index contributed by atoms with van der Waals surface area (Å²) in [5.41, 5.74) is 1.66. The third kappa shape index (κ3) is 2.13. The van der Waals surface area contributed by atoms with Crippen LogP contribution in [0.3, 0.4) is 0 Å². The molecule has 9 nitrogen and oxygen atoms in total. The first-order valence-electron chi connectivity index (χ1n) is 8.10. The second-order valence-corrected chi connectivity index (χ2v) is 6.24. The maximum Gasteiger partial charge on any atom is 0.325 e. The fraction of sp³-hybridized carbons (Fsp3) is 0.353. The minimum absolute atomic E-state index is 0.357. The van der Waals surface area contributed by atoms with Crippen LogP contribution in [0.4, 0.5) is 10.5 Å². The lowest BCUT2D eigenvalue weighted by Crippen LogP contribution is -2.62. The van der Waals surface area contributed by atoms with Crippen molar-refractivity contribution in [3.63, 3.8) is 0 Å². The molecule has 3 heterocycles. The number of imide groups is 1. The van der Waals surface area contributed by atoms with E-state index in [2.05, 4.69) is 10.3 Å². The van der Waals surface area contributed by atoms with Gasteiger partial charge in [-0.1, -0.05) is 0 Å². The molecule has 0 bridgehead atoms. The first-order valence-corrected chi connectivity index (χ1v) is 8.10. The third-order valence-electron chi connectivity index (χ3n) is 4.78. The molecule has 3 amide bonds. The van der Waals surface area contributed by atoms with E-state index in [0.717, 1.165) is 11.4 Å². The molecule has 136 valence electrons. The number of hydrogen-bond donors (Lipinski definition) is 1. The molecule has 1 aromatic carbocycles. The van der Waals surface area contributed by atoms with Crippen LogP contribution in [0, 0.1) is 0 Å². The fourth-order valence-electron chi connectivity index (χ4n) is 3.47. The Bertz CT molecular complexity index is 865. The minimum Gasteiger partial charge on any atom is -0.497 e. The molecule has 4 rings (SSSR count). The SMILES string of the molecule is COc1ccc(N2C(C)=CN3C2=NC2C3C(=O)NC(=O)N2C)c(OC)c1. The van der Waals surface area contributed by atoms with Gasteiger partial charge in [0.05, 0.1) is 19.9 Å². The van der Waals surface area contributed by atoms with Crippen molar-refractivity contribution in [2.75, 3.05) is 26.2 Å². The molecular formula is C17H19N5O4. The maximum absolute atomic E-state index is 12.4. The topological polar surface area (TPSA) is 86.7 Å². The molecule has 0 radical (unpaired) electrons. The molecule has 1 N–H and O–H groups in total. The lowest BCUT2D eigenvalue weighted by Gasteiger charge is -2.34. The lowest BCUT2D eigenvalue weighted by molar-refractivity contribution is -0.126. The van der Waals surface area contributed by atoms with Gasteiger partial charge in [0.25, 0.3) is 5.91 Å². The summed E-state index contributed by atoms with van der Waals surface area (Å²) in [6.45, 7) is 1.93. The number of hydrogen-bond acceptors (Lipinski definition) is 7. The van der Waals surface area contributed by atoms with Crippen LogP contribution in [-0.4, -0.2) is 61.2 Å². The van der Waals surface area contributed by atoms with E-state index in [1.54, 1.807) is 32.2 Å². The van der Waals surface area contributed by atoms with Gasteiger partial charge in [0.2, 0.25) is 5.96 Å². The molecular weight excluding hydrogens is 338 g/mol. The van der Waals surface area contributed by atoms with Gasteiger partial charge in [0, 0.05) is 25.0 Å². The number of aliphatic imine (C=N–C) groups is 1. The van der Waals surface area contributed by atoms with E-state index in [4.69, 9.17) is 9.47 Å². The summed E-state index contributed by atoms with van der Waals surface area (Å²) in [6.07, 6.45) is 1.29. The van der Waals surface area contributed by atoms with Gasteiger partial charge in [-0.3, -0.25) is 15.0 Å². The highest BCUT2D eigenvalue weighted by Gasteiger charge is 2.51. The number of allylic oxidation sites excluding steroid dienone is 1. The number of nitrogens with zero attached hydrogens (tertiary/aromatic N) is 4. The van der Waals surface area contributed by atoms with Crippen LogP contribution in [0.2, 0.25) is 0 Å². The minimum atomic E-state index is -0.586. The van der Waals surface area contributed by atoms with Crippen LogP contribution in [0.1, 0.15) is 6.92 Å². The fourth-order valence-corrected chi connectivity index (χ4v) is 3.47. The van der Waals surface area contributed by atoms with Gasteiger partial charge in [0.15, 0.2) is 12.2 Å². The number of rotatable bonds is 3. The van der Waals surface area contributed by atoms with Crippen molar-refractivity contribution in [1.82, 2.24) is 15.1 Å². The summed E-state index contributed by atoms with van der Waals surface area (Å²) >= 11 is 0. The molecule has 9 heteroatoms. The van der Waals surface area contributed by atoms with Gasteiger partial charge in [-0.2, -0.15) is 0 Å². The Labute approximate surface area is 150 Å². The summed E-state index contributed by atoms with van der Waals surface area (Å²) in [5, 5.41) is 2.36. The van der Waals surface area contributed by atoms with E-state index >= 15 is 0 Å². The van der Waals surface area contributed by atoms with Crippen molar-refractivity contribution in [1.29, 1.82) is 0 Å². The number of anilines is 1. The normalized spacial score (nSPS) is 24.1. The molecule has 3 aliphatic rings. The maximum atomic E-state index is 12.4. The molecule has 0 saturated carbocycles. The highest BCUT2D eigenvalue weighted by molar-refractivity contribution is 6.10. The van der Waals surface area contributed by atoms with E-state index in [1.807, 2.05) is 30.2 Å². The molecule has 0 aromatic heterocycles. The van der Waals surface area contributed by atoms with E-state index in [-0.39, 0.29) is 5.91 Å². The Morgan fingerprint density at radius 1 is 1.19 bits per heavy atom. The predicted octanol–water partition coefficient (Wildman–Crippen LogP) is 0.933. The summed E-state index contributed by atoms with van der Waals surface area (Å²) in [5.74, 6) is 1.52.